The Morgan fingerprint density at radius 2 is 2.00 bits per heavy atom. The van der Waals surface area contributed by atoms with Crippen LogP contribution in [0.4, 0.5) is 0 Å². The summed E-state index contributed by atoms with van der Waals surface area (Å²) < 4.78 is 5.11. The lowest BCUT2D eigenvalue weighted by Crippen LogP contribution is -2.31. The van der Waals surface area contributed by atoms with Gasteiger partial charge in [-0.05, 0) is 31.7 Å². The fraction of sp³-hybridized carbons (Fsp3) is 0.538. The lowest BCUT2D eigenvalue weighted by atomic mass is 10.1. The van der Waals surface area contributed by atoms with E-state index in [-0.39, 0.29) is 0 Å². The van der Waals surface area contributed by atoms with E-state index in [1.165, 1.54) is 0 Å². The molecule has 2 unspecified atom stereocenters. The molecule has 2 N–H and O–H groups in total. The first-order valence-electron chi connectivity index (χ1n) is 5.71. The van der Waals surface area contributed by atoms with Gasteiger partial charge < -0.3 is 19.8 Å². The first-order chi connectivity index (χ1) is 8.02. The Labute approximate surface area is 102 Å². The van der Waals surface area contributed by atoms with Crippen molar-refractivity contribution in [3.8, 4) is 5.75 Å². The standard InChI is InChI=1S/C13H21NO3/c1-10(15)8-14(2)9-13(16)11-5-4-6-12(7-11)17-3/h4-7,10,13,15-16H,8-9H2,1-3H3. The van der Waals surface area contributed by atoms with E-state index in [4.69, 9.17) is 4.74 Å². The van der Waals surface area contributed by atoms with Crippen LogP contribution in [-0.4, -0.2) is 48.5 Å². The van der Waals surface area contributed by atoms with Crippen LogP contribution in [-0.2, 0) is 0 Å². The first-order valence-corrected chi connectivity index (χ1v) is 5.71. The number of aliphatic hydroxyl groups is 2. The molecule has 1 aromatic carbocycles. The van der Waals surface area contributed by atoms with E-state index >= 15 is 0 Å². The van der Waals surface area contributed by atoms with Crippen molar-refractivity contribution in [2.24, 2.45) is 0 Å². The van der Waals surface area contributed by atoms with Crippen LogP contribution < -0.4 is 4.74 Å². The second-order valence-electron chi connectivity index (χ2n) is 4.36. The molecule has 0 fully saturated rings. The van der Waals surface area contributed by atoms with E-state index in [1.807, 2.05) is 36.2 Å². The van der Waals surface area contributed by atoms with Crippen LogP contribution in [0.2, 0.25) is 0 Å². The van der Waals surface area contributed by atoms with E-state index in [2.05, 4.69) is 0 Å². The molecule has 0 amide bonds. The van der Waals surface area contributed by atoms with Gasteiger partial charge in [-0.1, -0.05) is 12.1 Å². The van der Waals surface area contributed by atoms with Crippen molar-refractivity contribution in [2.75, 3.05) is 27.2 Å². The van der Waals surface area contributed by atoms with E-state index in [0.717, 1.165) is 11.3 Å². The maximum atomic E-state index is 10.0. The van der Waals surface area contributed by atoms with Crippen LogP contribution in [0.15, 0.2) is 24.3 Å². The normalized spacial score (nSPS) is 14.7. The van der Waals surface area contributed by atoms with Crippen molar-refractivity contribution in [2.45, 2.75) is 19.1 Å². The number of hydrogen-bond acceptors (Lipinski definition) is 4. The minimum absolute atomic E-state index is 0.391. The zero-order chi connectivity index (χ0) is 12.8. The lowest BCUT2D eigenvalue weighted by molar-refractivity contribution is 0.0905. The van der Waals surface area contributed by atoms with Crippen LogP contribution in [0.5, 0.6) is 5.75 Å². The van der Waals surface area contributed by atoms with Crippen molar-refractivity contribution < 1.29 is 14.9 Å². The minimum Gasteiger partial charge on any atom is -0.497 e. The summed E-state index contributed by atoms with van der Waals surface area (Å²) in [5, 5.41) is 19.3. The summed E-state index contributed by atoms with van der Waals surface area (Å²) in [7, 11) is 3.47. The van der Waals surface area contributed by atoms with E-state index < -0.39 is 12.2 Å². The Bertz CT molecular complexity index is 341. The lowest BCUT2D eigenvalue weighted by Gasteiger charge is -2.22. The Balaban J connectivity index is 2.59. The predicted octanol–water partition coefficient (Wildman–Crippen LogP) is 1.04. The maximum Gasteiger partial charge on any atom is 0.119 e. The Kier molecular flexibility index (Phi) is 5.41. The largest absolute Gasteiger partial charge is 0.497 e. The van der Waals surface area contributed by atoms with Gasteiger partial charge in [-0.3, -0.25) is 0 Å². The Hall–Kier alpha value is -1.10. The molecule has 1 rings (SSSR count). The third kappa shape index (κ3) is 4.73. The molecular weight excluding hydrogens is 218 g/mol. The second-order valence-corrected chi connectivity index (χ2v) is 4.36. The third-order valence-corrected chi connectivity index (χ3v) is 2.54. The summed E-state index contributed by atoms with van der Waals surface area (Å²) in [5.74, 6) is 0.736. The molecule has 17 heavy (non-hydrogen) atoms. The number of likely N-dealkylation sites (N-methyl/N-ethyl adjacent to an activating group) is 1. The van der Waals surface area contributed by atoms with Gasteiger partial charge >= 0.3 is 0 Å². The number of nitrogens with zero attached hydrogens (tertiary/aromatic N) is 1. The van der Waals surface area contributed by atoms with Gasteiger partial charge in [0.05, 0.1) is 19.3 Å². The molecule has 2 atom stereocenters. The van der Waals surface area contributed by atoms with Gasteiger partial charge in [0, 0.05) is 13.1 Å². The van der Waals surface area contributed by atoms with Gasteiger partial charge in [0.15, 0.2) is 0 Å². The van der Waals surface area contributed by atoms with Crippen molar-refractivity contribution in [1.29, 1.82) is 0 Å². The number of hydrogen-bond donors (Lipinski definition) is 2. The van der Waals surface area contributed by atoms with Crippen molar-refractivity contribution in [1.82, 2.24) is 4.90 Å². The van der Waals surface area contributed by atoms with Gasteiger partial charge in [-0.25, -0.2) is 0 Å². The molecule has 0 saturated carbocycles. The minimum atomic E-state index is -0.575. The van der Waals surface area contributed by atoms with Crippen LogP contribution in [0.1, 0.15) is 18.6 Å². The molecule has 0 heterocycles. The average molecular weight is 239 g/mol. The number of rotatable bonds is 6. The van der Waals surface area contributed by atoms with Crippen molar-refractivity contribution in [3.63, 3.8) is 0 Å². The maximum absolute atomic E-state index is 10.0. The molecule has 0 aromatic heterocycles. The van der Waals surface area contributed by atoms with Crippen LogP contribution in [0.3, 0.4) is 0 Å². The van der Waals surface area contributed by atoms with Gasteiger partial charge in [0.25, 0.3) is 0 Å². The summed E-state index contributed by atoms with van der Waals surface area (Å²) in [4.78, 5) is 1.90. The van der Waals surface area contributed by atoms with Crippen LogP contribution >= 0.6 is 0 Å². The van der Waals surface area contributed by atoms with Crippen LogP contribution in [0, 0.1) is 0 Å². The Morgan fingerprint density at radius 3 is 2.59 bits per heavy atom. The highest BCUT2D eigenvalue weighted by atomic mass is 16.5. The van der Waals surface area contributed by atoms with Crippen molar-refractivity contribution in [3.05, 3.63) is 29.8 Å². The number of methoxy groups -OCH3 is 1. The first kappa shape index (κ1) is 14.0. The molecule has 0 radical (unpaired) electrons. The zero-order valence-electron chi connectivity index (χ0n) is 10.6. The van der Waals surface area contributed by atoms with Crippen molar-refractivity contribution >= 4 is 0 Å². The monoisotopic (exact) mass is 239 g/mol. The number of ether oxygens (including phenoxy) is 1. The van der Waals surface area contributed by atoms with E-state index in [1.54, 1.807) is 14.0 Å². The highest BCUT2D eigenvalue weighted by Gasteiger charge is 2.12. The second kappa shape index (κ2) is 6.59. The summed E-state index contributed by atoms with van der Waals surface area (Å²) in [6.45, 7) is 2.76. The molecule has 0 aliphatic heterocycles. The molecule has 0 aliphatic carbocycles. The molecule has 4 heteroatoms. The number of benzene rings is 1. The molecule has 0 saturated heterocycles. The number of aliphatic hydroxyl groups excluding tert-OH is 2. The molecule has 0 bridgehead atoms. The van der Waals surface area contributed by atoms with E-state index in [9.17, 15) is 10.2 Å². The van der Waals surface area contributed by atoms with Crippen LogP contribution in [0.25, 0.3) is 0 Å². The molecular formula is C13H21NO3. The fourth-order valence-electron chi connectivity index (χ4n) is 1.78. The highest BCUT2D eigenvalue weighted by Crippen LogP contribution is 2.19. The molecule has 0 spiro atoms. The average Bonchev–Trinajstić information content (AvgIpc) is 2.27. The quantitative estimate of drug-likeness (QED) is 0.779. The smallest absolute Gasteiger partial charge is 0.119 e. The third-order valence-electron chi connectivity index (χ3n) is 2.54. The predicted molar refractivity (Wildman–Crippen MR) is 67.1 cm³/mol. The molecule has 0 aliphatic rings. The summed E-state index contributed by atoms with van der Waals surface area (Å²) >= 11 is 0. The van der Waals surface area contributed by atoms with Gasteiger partial charge in [0.1, 0.15) is 5.75 Å². The van der Waals surface area contributed by atoms with E-state index in [0.29, 0.717) is 13.1 Å². The van der Waals surface area contributed by atoms with Gasteiger partial charge in [-0.2, -0.15) is 0 Å². The summed E-state index contributed by atoms with van der Waals surface area (Å²) in [6.07, 6.45) is -0.966. The SMILES string of the molecule is COc1cccc(C(O)CN(C)CC(C)O)c1. The highest BCUT2D eigenvalue weighted by molar-refractivity contribution is 5.29. The molecule has 1 aromatic rings. The fourth-order valence-corrected chi connectivity index (χ4v) is 1.78. The molecule has 96 valence electrons. The molecule has 4 nitrogen and oxygen atoms in total. The summed E-state index contributed by atoms with van der Waals surface area (Å²) in [5.41, 5.74) is 0.821. The Morgan fingerprint density at radius 1 is 1.29 bits per heavy atom. The van der Waals surface area contributed by atoms with Gasteiger partial charge in [-0.15, -0.1) is 0 Å². The van der Waals surface area contributed by atoms with Gasteiger partial charge in [0.2, 0.25) is 0 Å². The topological polar surface area (TPSA) is 52.9 Å². The summed E-state index contributed by atoms with van der Waals surface area (Å²) in [6, 6.07) is 7.38. The zero-order valence-corrected chi connectivity index (χ0v) is 10.6.